The second kappa shape index (κ2) is 12.7. The number of pyridine rings is 1. The van der Waals surface area contributed by atoms with Crippen LogP contribution < -0.4 is 0 Å². The van der Waals surface area contributed by atoms with Crippen LogP contribution in [-0.4, -0.2) is 19.9 Å². The third kappa shape index (κ3) is 5.96. The highest BCUT2D eigenvalue weighted by Crippen LogP contribution is 2.38. The Morgan fingerprint density at radius 1 is 0.417 bits per heavy atom. The van der Waals surface area contributed by atoms with E-state index in [4.69, 9.17) is 15.0 Å². The van der Waals surface area contributed by atoms with Crippen molar-refractivity contribution in [2.45, 2.75) is 26.7 Å². The third-order valence-corrected chi connectivity index (χ3v) is 8.87. The normalized spacial score (nSPS) is 12.1. The maximum atomic E-state index is 5.10. The molecule has 0 radical (unpaired) electrons. The fourth-order valence-corrected chi connectivity index (χ4v) is 6.62. The van der Waals surface area contributed by atoms with Crippen LogP contribution in [0.25, 0.3) is 73.6 Å². The first-order chi connectivity index (χ1) is 23.6. The van der Waals surface area contributed by atoms with E-state index in [1.54, 1.807) is 0 Å². The number of benzene rings is 5. The van der Waals surface area contributed by atoms with E-state index in [1.165, 1.54) is 16.7 Å². The van der Waals surface area contributed by atoms with E-state index >= 15 is 0 Å². The van der Waals surface area contributed by atoms with Crippen LogP contribution in [0.5, 0.6) is 0 Å². The number of aromatic nitrogens is 4. The van der Waals surface area contributed by atoms with Crippen LogP contribution in [0.1, 0.15) is 28.9 Å². The van der Waals surface area contributed by atoms with Gasteiger partial charge in [0.2, 0.25) is 0 Å². The van der Waals surface area contributed by atoms with Crippen LogP contribution in [-0.2, 0) is 6.42 Å². The Kier molecular flexibility index (Phi) is 7.75. The third-order valence-electron chi connectivity index (χ3n) is 8.87. The van der Waals surface area contributed by atoms with Gasteiger partial charge in [-0.25, -0.2) is 15.0 Å². The van der Waals surface area contributed by atoms with Crippen molar-refractivity contribution in [1.29, 1.82) is 0 Å². The molecule has 4 nitrogen and oxygen atoms in total. The predicted molar refractivity (Wildman–Crippen MR) is 197 cm³/mol. The molecule has 5 aromatic carbocycles. The van der Waals surface area contributed by atoms with Crippen molar-refractivity contribution in [2.75, 3.05) is 0 Å². The molecule has 0 unspecified atom stereocenters. The zero-order valence-electron chi connectivity index (χ0n) is 27.1. The first-order valence-electron chi connectivity index (χ1n) is 16.4. The summed E-state index contributed by atoms with van der Waals surface area (Å²) in [5, 5.41) is 0. The summed E-state index contributed by atoms with van der Waals surface area (Å²) >= 11 is 0. The van der Waals surface area contributed by atoms with Gasteiger partial charge in [-0.15, -0.1) is 0 Å². The highest BCUT2D eigenvalue weighted by atomic mass is 15.0. The fourth-order valence-electron chi connectivity index (χ4n) is 6.62. The van der Waals surface area contributed by atoms with Crippen molar-refractivity contribution in [3.05, 3.63) is 162 Å². The molecule has 4 heteroatoms. The molecule has 0 amide bonds. The average molecular weight is 619 g/mol. The number of nitrogens with zero attached hydrogens (tertiary/aromatic N) is 4. The van der Waals surface area contributed by atoms with E-state index in [0.29, 0.717) is 17.5 Å². The van der Waals surface area contributed by atoms with Crippen molar-refractivity contribution in [3.63, 3.8) is 0 Å². The van der Waals surface area contributed by atoms with Crippen LogP contribution >= 0.6 is 0 Å². The zero-order chi connectivity index (χ0) is 32.5. The minimum atomic E-state index is 0.641. The Balaban J connectivity index is 1.35. The van der Waals surface area contributed by atoms with Gasteiger partial charge in [-0.1, -0.05) is 109 Å². The molecule has 7 aromatic rings. The summed E-state index contributed by atoms with van der Waals surface area (Å²) in [5.41, 5.74) is 14.4. The van der Waals surface area contributed by atoms with E-state index in [1.807, 2.05) is 74.5 Å². The van der Waals surface area contributed by atoms with Gasteiger partial charge in [0.15, 0.2) is 17.5 Å². The molecule has 0 fully saturated rings. The van der Waals surface area contributed by atoms with Crippen LogP contribution in [0.4, 0.5) is 0 Å². The van der Waals surface area contributed by atoms with Gasteiger partial charge < -0.3 is 0 Å². The molecule has 0 saturated heterocycles. The van der Waals surface area contributed by atoms with Gasteiger partial charge in [0.05, 0.1) is 0 Å². The van der Waals surface area contributed by atoms with E-state index in [0.717, 1.165) is 68.7 Å². The van der Waals surface area contributed by atoms with Crippen molar-refractivity contribution in [1.82, 2.24) is 19.9 Å². The Labute approximate surface area is 281 Å². The summed E-state index contributed by atoms with van der Waals surface area (Å²) < 4.78 is 0. The van der Waals surface area contributed by atoms with Gasteiger partial charge >= 0.3 is 0 Å². The summed E-state index contributed by atoms with van der Waals surface area (Å²) in [6.45, 7) is 4.10. The Bertz CT molecular complexity index is 2230. The van der Waals surface area contributed by atoms with E-state index in [9.17, 15) is 0 Å². The summed E-state index contributed by atoms with van der Waals surface area (Å²) in [5.74, 6) is 1.94. The fraction of sp³-hybridized carbons (Fsp3) is 0.0909. The first kappa shape index (κ1) is 29.4. The average Bonchev–Trinajstić information content (AvgIpc) is 3.14. The van der Waals surface area contributed by atoms with E-state index < -0.39 is 0 Å². The zero-order valence-corrected chi connectivity index (χ0v) is 27.1. The molecule has 0 N–H and O–H groups in total. The molecule has 0 saturated carbocycles. The Hall–Kier alpha value is -6.00. The van der Waals surface area contributed by atoms with Gasteiger partial charge in [-0.05, 0) is 108 Å². The van der Waals surface area contributed by atoms with Gasteiger partial charge in [-0.2, -0.15) is 0 Å². The molecule has 2 aromatic heterocycles. The topological polar surface area (TPSA) is 51.6 Å². The molecule has 0 spiro atoms. The van der Waals surface area contributed by atoms with E-state index in [2.05, 4.69) is 89.9 Å². The van der Waals surface area contributed by atoms with Crippen molar-refractivity contribution in [3.8, 4) is 67.5 Å². The monoisotopic (exact) mass is 618 g/mol. The van der Waals surface area contributed by atoms with Crippen molar-refractivity contribution in [2.24, 2.45) is 0 Å². The summed E-state index contributed by atoms with van der Waals surface area (Å²) in [7, 11) is 0. The van der Waals surface area contributed by atoms with Crippen LogP contribution in [0.15, 0.2) is 140 Å². The van der Waals surface area contributed by atoms with Crippen LogP contribution in [0, 0.1) is 13.8 Å². The minimum absolute atomic E-state index is 0.641. The molecular weight excluding hydrogens is 585 g/mol. The lowest BCUT2D eigenvalue weighted by Crippen LogP contribution is -2.01. The maximum Gasteiger partial charge on any atom is 0.164 e. The minimum Gasteiger partial charge on any atom is -0.258 e. The van der Waals surface area contributed by atoms with E-state index in [-0.39, 0.29) is 0 Å². The number of hydrogen-bond donors (Lipinski definition) is 0. The second-order valence-electron chi connectivity index (χ2n) is 12.4. The molecule has 8 rings (SSSR count). The number of fused-ring (bicyclic) bond motifs is 1. The molecule has 2 heterocycles. The standard InChI is InChI=1S/C44H34N4/c1-29-23-36(24-30(2)45-29)34-19-11-20-35(25-34)37-26-38(41-22-12-18-31-13-9-10-21-40(31)41)28-39(27-37)44-47-42(32-14-5-3-6-15-32)46-43(48-44)33-16-7-4-8-17-33/h3-8,10-12,14-28H,9,13H2,1-2H3. The van der Waals surface area contributed by atoms with Crippen LogP contribution in [0.3, 0.4) is 0 Å². The Morgan fingerprint density at radius 3 is 1.56 bits per heavy atom. The summed E-state index contributed by atoms with van der Waals surface area (Å²) in [6.07, 6.45) is 6.67. The maximum absolute atomic E-state index is 5.10. The molecule has 1 aliphatic rings. The molecule has 1 aliphatic carbocycles. The lowest BCUT2D eigenvalue weighted by molar-refractivity contribution is 0.986. The molecule has 230 valence electrons. The van der Waals surface area contributed by atoms with Gasteiger partial charge in [0.25, 0.3) is 0 Å². The quantitative estimate of drug-likeness (QED) is 0.186. The molecule has 48 heavy (non-hydrogen) atoms. The molecular formula is C44H34N4. The highest BCUT2D eigenvalue weighted by molar-refractivity contribution is 5.86. The van der Waals surface area contributed by atoms with Gasteiger partial charge in [0, 0.05) is 28.1 Å². The first-order valence-corrected chi connectivity index (χ1v) is 16.4. The van der Waals surface area contributed by atoms with Crippen molar-refractivity contribution >= 4 is 6.08 Å². The van der Waals surface area contributed by atoms with Gasteiger partial charge in [0.1, 0.15) is 0 Å². The lowest BCUT2D eigenvalue weighted by atomic mass is 9.88. The smallest absolute Gasteiger partial charge is 0.164 e. The second-order valence-corrected chi connectivity index (χ2v) is 12.4. The number of allylic oxidation sites excluding steroid dienone is 1. The predicted octanol–water partition coefficient (Wildman–Crippen LogP) is 10.8. The Morgan fingerprint density at radius 2 is 0.917 bits per heavy atom. The molecule has 0 bridgehead atoms. The molecule has 0 aliphatic heterocycles. The number of hydrogen-bond acceptors (Lipinski definition) is 4. The number of aryl methyl sites for hydroxylation is 3. The van der Waals surface area contributed by atoms with Crippen molar-refractivity contribution < 1.29 is 0 Å². The van der Waals surface area contributed by atoms with Crippen LogP contribution in [0.2, 0.25) is 0 Å². The SMILES string of the molecule is Cc1cc(-c2cccc(-c3cc(-c4nc(-c5ccccc5)nc(-c5ccccc5)n4)cc(-c4cccc5c4C=CCC5)c3)c2)cc(C)n1. The highest BCUT2D eigenvalue weighted by Gasteiger charge is 2.17. The van der Waals surface area contributed by atoms with Gasteiger partial charge in [-0.3, -0.25) is 4.98 Å². The number of rotatable bonds is 6. The summed E-state index contributed by atoms with van der Waals surface area (Å²) in [4.78, 5) is 19.7. The lowest BCUT2D eigenvalue weighted by Gasteiger charge is -2.17. The largest absolute Gasteiger partial charge is 0.258 e. The molecule has 0 atom stereocenters. The summed E-state index contributed by atoms with van der Waals surface area (Å²) in [6, 6.07) is 46.8.